The van der Waals surface area contributed by atoms with Gasteiger partial charge in [-0.15, -0.1) is 0 Å². The Kier molecular flexibility index (Phi) is 5.39. The van der Waals surface area contributed by atoms with Crippen molar-refractivity contribution in [1.29, 1.82) is 0 Å². The highest BCUT2D eigenvalue weighted by molar-refractivity contribution is 5.75. The number of hydrogen-bond acceptors (Lipinski definition) is 5. The van der Waals surface area contributed by atoms with Crippen molar-refractivity contribution in [2.24, 2.45) is 5.73 Å². The van der Waals surface area contributed by atoms with Crippen molar-refractivity contribution in [2.45, 2.75) is 32.2 Å². The molecule has 0 aliphatic carbocycles. The minimum Gasteiger partial charge on any atom is -0.349 e. The van der Waals surface area contributed by atoms with Gasteiger partial charge in [0.2, 0.25) is 12.3 Å². The summed E-state index contributed by atoms with van der Waals surface area (Å²) in [5.74, 6) is 0.502. The molecule has 15 heavy (non-hydrogen) atoms. The molecule has 1 amide bonds. The number of rotatable bonds is 7. The van der Waals surface area contributed by atoms with Crippen molar-refractivity contribution >= 4 is 5.91 Å². The Bertz CT molecular complexity index is 274. The Labute approximate surface area is 88.2 Å². The first-order valence-corrected chi connectivity index (χ1v) is 5.05. The summed E-state index contributed by atoms with van der Waals surface area (Å²) in [5, 5.41) is 6.29. The molecule has 0 aliphatic rings. The van der Waals surface area contributed by atoms with Crippen LogP contribution in [0.2, 0.25) is 0 Å². The molecule has 1 aromatic rings. The summed E-state index contributed by atoms with van der Waals surface area (Å²) in [4.78, 5) is 15.1. The van der Waals surface area contributed by atoms with Crippen LogP contribution in [0.15, 0.2) is 10.9 Å². The fourth-order valence-electron chi connectivity index (χ4n) is 1.14. The average molecular weight is 212 g/mol. The van der Waals surface area contributed by atoms with E-state index in [2.05, 4.69) is 20.0 Å². The second-order valence-electron chi connectivity index (χ2n) is 3.22. The average Bonchev–Trinajstić information content (AvgIpc) is 2.74. The summed E-state index contributed by atoms with van der Waals surface area (Å²) in [6.07, 6.45) is 4.60. The SMILES string of the molecule is NCCCCCC(=O)NCc1ncon1. The van der Waals surface area contributed by atoms with Gasteiger partial charge < -0.3 is 15.6 Å². The molecule has 3 N–H and O–H groups in total. The van der Waals surface area contributed by atoms with E-state index in [1.807, 2.05) is 0 Å². The highest BCUT2D eigenvalue weighted by Crippen LogP contribution is 1.98. The van der Waals surface area contributed by atoms with Crippen molar-refractivity contribution in [1.82, 2.24) is 15.5 Å². The zero-order valence-corrected chi connectivity index (χ0v) is 8.61. The van der Waals surface area contributed by atoms with Gasteiger partial charge in [0.15, 0.2) is 5.82 Å². The Morgan fingerprint density at radius 2 is 2.33 bits per heavy atom. The molecule has 6 heteroatoms. The lowest BCUT2D eigenvalue weighted by molar-refractivity contribution is -0.121. The summed E-state index contributed by atoms with van der Waals surface area (Å²) in [7, 11) is 0. The van der Waals surface area contributed by atoms with E-state index >= 15 is 0 Å². The van der Waals surface area contributed by atoms with Crippen LogP contribution in [-0.4, -0.2) is 22.6 Å². The maximum Gasteiger partial charge on any atom is 0.220 e. The van der Waals surface area contributed by atoms with E-state index in [-0.39, 0.29) is 5.91 Å². The molecule has 0 atom stereocenters. The van der Waals surface area contributed by atoms with Crippen LogP contribution in [0.1, 0.15) is 31.5 Å². The van der Waals surface area contributed by atoms with Gasteiger partial charge in [0.05, 0.1) is 6.54 Å². The van der Waals surface area contributed by atoms with Crippen molar-refractivity contribution in [2.75, 3.05) is 6.54 Å². The third-order valence-corrected chi connectivity index (χ3v) is 1.96. The first-order chi connectivity index (χ1) is 7.33. The van der Waals surface area contributed by atoms with E-state index in [0.29, 0.717) is 25.3 Å². The molecule has 0 saturated carbocycles. The maximum absolute atomic E-state index is 11.3. The predicted molar refractivity (Wildman–Crippen MR) is 53.7 cm³/mol. The second-order valence-corrected chi connectivity index (χ2v) is 3.22. The number of nitrogens with two attached hydrogens (primary N) is 1. The molecular formula is C9H16N4O2. The predicted octanol–water partition coefficient (Wildman–Crippen LogP) is 0.205. The molecule has 0 aromatic carbocycles. The van der Waals surface area contributed by atoms with E-state index in [0.717, 1.165) is 19.3 Å². The van der Waals surface area contributed by atoms with Crippen LogP contribution in [0.3, 0.4) is 0 Å². The van der Waals surface area contributed by atoms with Crippen LogP contribution in [0, 0.1) is 0 Å². The molecule has 1 aromatic heterocycles. The normalized spacial score (nSPS) is 10.2. The number of nitrogens with one attached hydrogen (secondary N) is 1. The van der Waals surface area contributed by atoms with Crippen LogP contribution in [-0.2, 0) is 11.3 Å². The van der Waals surface area contributed by atoms with Crippen LogP contribution in [0.25, 0.3) is 0 Å². The number of aromatic nitrogens is 2. The Balaban J connectivity index is 2.04. The van der Waals surface area contributed by atoms with Crippen molar-refractivity contribution in [3.8, 4) is 0 Å². The van der Waals surface area contributed by atoms with E-state index in [4.69, 9.17) is 5.73 Å². The van der Waals surface area contributed by atoms with Gasteiger partial charge in [-0.05, 0) is 19.4 Å². The van der Waals surface area contributed by atoms with Crippen molar-refractivity contribution < 1.29 is 9.32 Å². The summed E-state index contributed by atoms with van der Waals surface area (Å²) in [5.41, 5.74) is 5.34. The summed E-state index contributed by atoms with van der Waals surface area (Å²) >= 11 is 0. The number of nitrogens with zero attached hydrogens (tertiary/aromatic N) is 2. The quantitative estimate of drug-likeness (QED) is 0.630. The van der Waals surface area contributed by atoms with Crippen LogP contribution < -0.4 is 11.1 Å². The van der Waals surface area contributed by atoms with Crippen LogP contribution in [0.4, 0.5) is 0 Å². The van der Waals surface area contributed by atoms with Gasteiger partial charge in [-0.25, -0.2) is 0 Å². The molecule has 0 bridgehead atoms. The number of hydrogen-bond donors (Lipinski definition) is 2. The first kappa shape index (κ1) is 11.6. The molecule has 0 unspecified atom stereocenters. The third-order valence-electron chi connectivity index (χ3n) is 1.96. The molecule has 0 aliphatic heterocycles. The first-order valence-electron chi connectivity index (χ1n) is 5.05. The van der Waals surface area contributed by atoms with Gasteiger partial charge in [0.1, 0.15) is 0 Å². The molecule has 84 valence electrons. The molecule has 0 fully saturated rings. The van der Waals surface area contributed by atoms with E-state index in [1.165, 1.54) is 6.39 Å². The lowest BCUT2D eigenvalue weighted by atomic mass is 10.2. The molecule has 6 nitrogen and oxygen atoms in total. The highest BCUT2D eigenvalue weighted by atomic mass is 16.5. The molecular weight excluding hydrogens is 196 g/mol. The topological polar surface area (TPSA) is 94.0 Å². The van der Waals surface area contributed by atoms with Crippen LogP contribution in [0.5, 0.6) is 0 Å². The lowest BCUT2D eigenvalue weighted by Crippen LogP contribution is -2.22. The molecule has 0 spiro atoms. The maximum atomic E-state index is 11.3. The fourth-order valence-corrected chi connectivity index (χ4v) is 1.14. The van der Waals surface area contributed by atoms with Gasteiger partial charge in [-0.2, -0.15) is 4.98 Å². The van der Waals surface area contributed by atoms with Crippen LogP contribution >= 0.6 is 0 Å². The van der Waals surface area contributed by atoms with Crippen molar-refractivity contribution in [3.63, 3.8) is 0 Å². The zero-order chi connectivity index (χ0) is 10.9. The van der Waals surface area contributed by atoms with E-state index in [1.54, 1.807) is 0 Å². The largest absolute Gasteiger partial charge is 0.349 e. The minimum absolute atomic E-state index is 0.0109. The highest BCUT2D eigenvalue weighted by Gasteiger charge is 2.03. The van der Waals surface area contributed by atoms with Gasteiger partial charge >= 0.3 is 0 Å². The Hall–Kier alpha value is -1.43. The third kappa shape index (κ3) is 5.11. The monoisotopic (exact) mass is 212 g/mol. The summed E-state index contributed by atoms with van der Waals surface area (Å²) in [6, 6.07) is 0. The van der Waals surface area contributed by atoms with E-state index < -0.39 is 0 Å². The Morgan fingerprint density at radius 3 is 3.00 bits per heavy atom. The standard InChI is InChI=1S/C9H16N4O2/c10-5-3-1-2-4-9(14)11-6-8-12-7-15-13-8/h7H,1-6,10H2,(H,11,14). The minimum atomic E-state index is 0.0109. The van der Waals surface area contributed by atoms with E-state index in [9.17, 15) is 4.79 Å². The number of unbranched alkanes of at least 4 members (excludes halogenated alkanes) is 2. The van der Waals surface area contributed by atoms with Gasteiger partial charge in [0, 0.05) is 6.42 Å². The molecule has 1 rings (SSSR count). The molecule has 0 saturated heterocycles. The number of amides is 1. The number of carbonyl (C=O) groups excluding carboxylic acids is 1. The number of carbonyl (C=O) groups is 1. The second kappa shape index (κ2) is 6.94. The lowest BCUT2D eigenvalue weighted by Gasteiger charge is -2.01. The van der Waals surface area contributed by atoms with Gasteiger partial charge in [-0.3, -0.25) is 4.79 Å². The Morgan fingerprint density at radius 1 is 1.47 bits per heavy atom. The van der Waals surface area contributed by atoms with Crippen molar-refractivity contribution in [3.05, 3.63) is 12.2 Å². The summed E-state index contributed by atoms with van der Waals surface area (Å²) in [6.45, 7) is 1.01. The fraction of sp³-hybridized carbons (Fsp3) is 0.667. The zero-order valence-electron chi connectivity index (χ0n) is 8.61. The summed E-state index contributed by atoms with van der Waals surface area (Å²) < 4.78 is 4.53. The molecule has 0 radical (unpaired) electrons. The van der Waals surface area contributed by atoms with Gasteiger partial charge in [-0.1, -0.05) is 11.6 Å². The molecule has 1 heterocycles. The van der Waals surface area contributed by atoms with Gasteiger partial charge in [0.25, 0.3) is 0 Å². The smallest absolute Gasteiger partial charge is 0.220 e.